The van der Waals surface area contributed by atoms with Crippen LogP contribution in [0.4, 0.5) is 5.82 Å². The normalized spacial score (nSPS) is 29.6. The van der Waals surface area contributed by atoms with Crippen molar-refractivity contribution in [1.29, 1.82) is 0 Å². The number of nitrogens with zero attached hydrogens (tertiary/aromatic N) is 1. The molecule has 1 spiro atoms. The van der Waals surface area contributed by atoms with Crippen LogP contribution in [-0.4, -0.2) is 88.2 Å². The summed E-state index contributed by atoms with van der Waals surface area (Å²) in [4.78, 5) is 16.9. The summed E-state index contributed by atoms with van der Waals surface area (Å²) in [5.74, 6) is -1.65. The van der Waals surface area contributed by atoms with Gasteiger partial charge in [-0.2, -0.15) is 0 Å². The number of carboxylic acids is 1. The van der Waals surface area contributed by atoms with E-state index < -0.39 is 41.5 Å². The largest absolute Gasteiger partial charge is 0.504 e. The number of aliphatic hydroxyl groups excluding tert-OH is 2. The second kappa shape index (κ2) is 16.2. The van der Waals surface area contributed by atoms with Crippen LogP contribution in [0.3, 0.4) is 0 Å². The fourth-order valence-electron chi connectivity index (χ4n) is 8.76. The molecule has 2 saturated heterocycles. The van der Waals surface area contributed by atoms with Crippen molar-refractivity contribution in [3.8, 4) is 28.7 Å². The lowest BCUT2D eigenvalue weighted by Crippen LogP contribution is -2.60. The van der Waals surface area contributed by atoms with Gasteiger partial charge in [0.1, 0.15) is 12.4 Å². The van der Waals surface area contributed by atoms with Crippen molar-refractivity contribution in [2.45, 2.75) is 81.8 Å². The van der Waals surface area contributed by atoms with E-state index in [9.17, 15) is 30.3 Å². The lowest BCUT2D eigenvalue weighted by Gasteiger charge is -2.50. The van der Waals surface area contributed by atoms with Crippen LogP contribution in [-0.2, 0) is 16.0 Å². The number of aryl methyl sites for hydroxylation is 1. The first kappa shape index (κ1) is 38.2. The number of pyridine rings is 1. The molecular weight excluding hydrogens is 682 g/mol. The number of aliphatic carboxylic acids is 1. The van der Waals surface area contributed by atoms with Crippen molar-refractivity contribution in [3.05, 3.63) is 77.5 Å². The third kappa shape index (κ3) is 7.75. The molecule has 13 nitrogen and oxygen atoms in total. The standard InChI is InChI=1S/C40H51N3O10/c1-22-10-13-40(28(7-8-29(40)39(48)49)24-11-14-42-36(41)19-24)35(43-22)21-52-34-18-25(17-33(51-3)37(34)47)38-27(12-15-44)31(46)20-26(53-38)6-4-23-5-9-30(45)32(16-23)50-2/h5,7-9,11,14,16-19,22,26-29,31,35,38,43-47H,4,6,10,12-13,15,20-21H2,1-3H3,(H2,41,42)(H,48,49)/t22-,26+,27+,28+,29+,31+,35-,38-,40+/m1/s1. The molecule has 1 aliphatic carbocycles. The Hall–Kier alpha value is -4.56. The number of nitrogens with two attached hydrogens (primary N) is 1. The number of anilines is 1. The SMILES string of the molecule is COc1cc(CC[C@H]2C[C@H](O)[C@H](CCO)[C@@H](c3cc(OC)c(O)c(OC[C@H]4N[C@H](C)CC[C@]45[C@H](C(=O)O)C=C[C@H]5c4ccnc(N)c4)c3)O2)ccc1O. The van der Waals surface area contributed by atoms with Crippen LogP contribution in [0.5, 0.6) is 28.7 Å². The number of nitrogen functional groups attached to an aromatic ring is 1. The number of aromatic nitrogens is 1. The average molecular weight is 734 g/mol. The van der Waals surface area contributed by atoms with E-state index >= 15 is 0 Å². The number of hydrogen-bond donors (Lipinski definition) is 7. The fraction of sp³-hybridized carbons (Fsp3) is 0.500. The van der Waals surface area contributed by atoms with Crippen molar-refractivity contribution in [2.75, 3.05) is 33.2 Å². The van der Waals surface area contributed by atoms with Gasteiger partial charge in [0.25, 0.3) is 0 Å². The monoisotopic (exact) mass is 733 g/mol. The molecule has 3 aliphatic rings. The van der Waals surface area contributed by atoms with Crippen molar-refractivity contribution in [2.24, 2.45) is 17.3 Å². The van der Waals surface area contributed by atoms with Crippen molar-refractivity contribution >= 4 is 11.8 Å². The van der Waals surface area contributed by atoms with E-state index in [0.29, 0.717) is 42.8 Å². The maximum atomic E-state index is 12.8. The Kier molecular flexibility index (Phi) is 11.7. The molecule has 0 radical (unpaired) electrons. The Labute approximate surface area is 309 Å². The van der Waals surface area contributed by atoms with Gasteiger partial charge in [0.15, 0.2) is 23.0 Å². The molecule has 2 fully saturated rings. The lowest BCUT2D eigenvalue weighted by atomic mass is 9.59. The zero-order valence-corrected chi connectivity index (χ0v) is 30.4. The number of hydrogen-bond acceptors (Lipinski definition) is 12. The summed E-state index contributed by atoms with van der Waals surface area (Å²) in [7, 11) is 2.93. The van der Waals surface area contributed by atoms with Gasteiger partial charge in [0.2, 0.25) is 5.75 Å². The van der Waals surface area contributed by atoms with E-state index in [1.807, 2.05) is 18.2 Å². The molecule has 13 heteroatoms. The molecule has 2 aromatic carbocycles. The molecule has 286 valence electrons. The third-order valence-electron chi connectivity index (χ3n) is 11.4. The number of benzene rings is 2. The highest BCUT2D eigenvalue weighted by Gasteiger charge is 2.57. The highest BCUT2D eigenvalue weighted by molar-refractivity contribution is 5.75. The van der Waals surface area contributed by atoms with Gasteiger partial charge in [0.05, 0.1) is 38.4 Å². The van der Waals surface area contributed by atoms with Gasteiger partial charge in [-0.1, -0.05) is 18.2 Å². The van der Waals surface area contributed by atoms with E-state index in [-0.39, 0.29) is 60.7 Å². The first-order chi connectivity index (χ1) is 25.5. The number of aromatic hydroxyl groups is 2. The van der Waals surface area contributed by atoms with E-state index in [1.54, 1.807) is 42.6 Å². The molecule has 8 N–H and O–H groups in total. The number of carbonyl (C=O) groups is 1. The van der Waals surface area contributed by atoms with E-state index in [2.05, 4.69) is 17.2 Å². The summed E-state index contributed by atoms with van der Waals surface area (Å²) >= 11 is 0. The zero-order valence-electron chi connectivity index (χ0n) is 30.4. The minimum atomic E-state index is -0.930. The molecule has 0 bridgehead atoms. The Morgan fingerprint density at radius 1 is 1.04 bits per heavy atom. The molecule has 3 heterocycles. The van der Waals surface area contributed by atoms with Gasteiger partial charge in [0, 0.05) is 42.1 Å². The number of nitrogens with one attached hydrogen (secondary N) is 1. The van der Waals surface area contributed by atoms with Crippen LogP contribution in [0.2, 0.25) is 0 Å². The van der Waals surface area contributed by atoms with Crippen LogP contribution in [0.15, 0.2) is 60.8 Å². The second-order valence-electron chi connectivity index (χ2n) is 14.5. The highest BCUT2D eigenvalue weighted by atomic mass is 16.5. The zero-order chi connectivity index (χ0) is 37.9. The molecule has 0 saturated carbocycles. The van der Waals surface area contributed by atoms with Crippen LogP contribution in [0, 0.1) is 17.3 Å². The van der Waals surface area contributed by atoms with Gasteiger partial charge in [-0.25, -0.2) is 4.98 Å². The smallest absolute Gasteiger partial charge is 0.311 e. The van der Waals surface area contributed by atoms with Crippen molar-refractivity contribution in [1.82, 2.24) is 10.3 Å². The fourth-order valence-corrected chi connectivity index (χ4v) is 8.76. The van der Waals surface area contributed by atoms with Crippen LogP contribution >= 0.6 is 0 Å². The summed E-state index contributed by atoms with van der Waals surface area (Å²) < 4.78 is 24.0. The molecule has 9 atom stereocenters. The number of piperidine rings is 1. The van der Waals surface area contributed by atoms with Gasteiger partial charge in [-0.05, 0) is 98.5 Å². The Morgan fingerprint density at radius 3 is 2.53 bits per heavy atom. The third-order valence-corrected chi connectivity index (χ3v) is 11.4. The van der Waals surface area contributed by atoms with E-state index in [0.717, 1.165) is 17.5 Å². The molecule has 0 unspecified atom stereocenters. The van der Waals surface area contributed by atoms with Crippen LogP contribution in [0.25, 0.3) is 0 Å². The maximum Gasteiger partial charge on any atom is 0.311 e. The van der Waals surface area contributed by atoms with Crippen LogP contribution in [0.1, 0.15) is 67.7 Å². The number of carboxylic acid groups (broad SMARTS) is 1. The van der Waals surface area contributed by atoms with E-state index in [4.69, 9.17) is 24.7 Å². The number of aliphatic hydroxyl groups is 2. The van der Waals surface area contributed by atoms with Crippen molar-refractivity contribution in [3.63, 3.8) is 0 Å². The van der Waals surface area contributed by atoms with Gasteiger partial charge in [-0.3, -0.25) is 4.79 Å². The molecule has 1 aromatic heterocycles. The predicted octanol–water partition coefficient (Wildman–Crippen LogP) is 4.47. The van der Waals surface area contributed by atoms with Crippen LogP contribution < -0.4 is 25.3 Å². The van der Waals surface area contributed by atoms with E-state index in [1.165, 1.54) is 14.2 Å². The summed E-state index contributed by atoms with van der Waals surface area (Å²) in [5, 5.41) is 56.8. The predicted molar refractivity (Wildman–Crippen MR) is 196 cm³/mol. The molecule has 3 aromatic rings. The summed E-state index contributed by atoms with van der Waals surface area (Å²) in [6, 6.07) is 11.8. The van der Waals surface area contributed by atoms with Gasteiger partial charge < -0.3 is 55.5 Å². The number of phenolic OH excluding ortho intramolecular Hbond substituents is 2. The van der Waals surface area contributed by atoms with Crippen molar-refractivity contribution < 1.29 is 49.3 Å². The first-order valence-corrected chi connectivity index (χ1v) is 18.2. The summed E-state index contributed by atoms with van der Waals surface area (Å²) in [6.07, 6.45) is 6.73. The summed E-state index contributed by atoms with van der Waals surface area (Å²) in [6.45, 7) is 1.93. The number of ether oxygens (including phenoxy) is 4. The summed E-state index contributed by atoms with van der Waals surface area (Å²) in [5.41, 5.74) is 7.67. The Balaban J connectivity index is 1.29. The minimum absolute atomic E-state index is 0.0277. The van der Waals surface area contributed by atoms with Gasteiger partial charge in [-0.15, -0.1) is 0 Å². The molecule has 0 amide bonds. The first-order valence-electron chi connectivity index (χ1n) is 18.2. The quantitative estimate of drug-likeness (QED) is 0.121. The molecular formula is C40H51N3O10. The number of allylic oxidation sites excluding steroid dienone is 1. The number of phenols is 2. The minimum Gasteiger partial charge on any atom is -0.504 e. The molecule has 53 heavy (non-hydrogen) atoms. The average Bonchev–Trinajstić information content (AvgIpc) is 3.53. The number of methoxy groups -OCH3 is 2. The Morgan fingerprint density at radius 2 is 1.81 bits per heavy atom. The second-order valence-corrected chi connectivity index (χ2v) is 14.5. The highest BCUT2D eigenvalue weighted by Crippen LogP contribution is 2.56. The topological polar surface area (TPSA) is 206 Å². The molecule has 6 rings (SSSR count). The van der Waals surface area contributed by atoms with Gasteiger partial charge >= 0.3 is 5.97 Å². The lowest BCUT2D eigenvalue weighted by molar-refractivity contribution is -0.146. The Bertz CT molecular complexity index is 1790. The number of rotatable bonds is 13. The maximum absolute atomic E-state index is 12.8. The molecule has 2 aliphatic heterocycles.